The van der Waals surface area contributed by atoms with Gasteiger partial charge >= 0.3 is 6.18 Å². The van der Waals surface area contributed by atoms with Gasteiger partial charge in [-0.3, -0.25) is 4.79 Å². The molecule has 1 fully saturated rings. The number of hydrogen-bond donors (Lipinski definition) is 1. The van der Waals surface area contributed by atoms with Gasteiger partial charge < -0.3 is 14.6 Å². The predicted octanol–water partition coefficient (Wildman–Crippen LogP) is 2.83. The van der Waals surface area contributed by atoms with E-state index in [9.17, 15) is 18.0 Å². The van der Waals surface area contributed by atoms with E-state index >= 15 is 0 Å². The number of nitrogens with one attached hydrogen (secondary N) is 1. The molecule has 0 saturated heterocycles. The Hall–Kier alpha value is -3.09. The second-order valence-electron chi connectivity index (χ2n) is 6.67. The Morgan fingerprint density at radius 3 is 2.61 bits per heavy atom. The van der Waals surface area contributed by atoms with Crippen molar-refractivity contribution in [1.82, 2.24) is 19.9 Å². The van der Waals surface area contributed by atoms with Crippen molar-refractivity contribution in [3.05, 3.63) is 41.7 Å². The first-order valence-electron chi connectivity index (χ1n) is 8.69. The summed E-state index contributed by atoms with van der Waals surface area (Å²) in [5.74, 6) is -0.275. The van der Waals surface area contributed by atoms with E-state index in [0.717, 1.165) is 12.3 Å². The van der Waals surface area contributed by atoms with E-state index in [1.54, 1.807) is 24.1 Å². The van der Waals surface area contributed by atoms with Gasteiger partial charge in [-0.15, -0.1) is 0 Å². The number of imidazole rings is 1. The quantitative estimate of drug-likeness (QED) is 0.862. The topological polar surface area (TPSA) is 92.8 Å². The summed E-state index contributed by atoms with van der Waals surface area (Å²) in [4.78, 5) is 19.7. The van der Waals surface area contributed by atoms with Crippen LogP contribution < -0.4 is 10.1 Å². The molecular weight excluding hydrogens is 375 g/mol. The first kappa shape index (κ1) is 19.7. The van der Waals surface area contributed by atoms with Crippen LogP contribution in [-0.4, -0.2) is 32.6 Å². The van der Waals surface area contributed by atoms with Crippen LogP contribution in [0.5, 0.6) is 5.75 Å². The van der Waals surface area contributed by atoms with Gasteiger partial charge in [-0.05, 0) is 31.7 Å². The van der Waals surface area contributed by atoms with Gasteiger partial charge in [0.15, 0.2) is 5.69 Å². The van der Waals surface area contributed by atoms with Crippen molar-refractivity contribution in [2.75, 3.05) is 0 Å². The SMILES string of the molecule is Cn1cnc(C(=O)NC2CCC(Oc3cnc(C#N)c(C(F)(F)F)c3)CC2)c1. The van der Waals surface area contributed by atoms with Crippen LogP contribution in [0.4, 0.5) is 13.2 Å². The molecule has 0 unspecified atom stereocenters. The maximum absolute atomic E-state index is 13.0. The first-order chi connectivity index (χ1) is 13.3. The number of aromatic nitrogens is 3. The number of nitriles is 1. The van der Waals surface area contributed by atoms with Crippen LogP contribution in [0.2, 0.25) is 0 Å². The van der Waals surface area contributed by atoms with Gasteiger partial charge in [-0.25, -0.2) is 9.97 Å². The Kier molecular flexibility index (Phi) is 5.53. The lowest BCUT2D eigenvalue weighted by Gasteiger charge is -2.29. The molecule has 1 saturated carbocycles. The molecule has 2 aromatic rings. The van der Waals surface area contributed by atoms with E-state index in [1.807, 2.05) is 0 Å². The molecule has 1 amide bonds. The summed E-state index contributed by atoms with van der Waals surface area (Å²) in [7, 11) is 1.77. The predicted molar refractivity (Wildman–Crippen MR) is 91.3 cm³/mol. The number of rotatable bonds is 4. The number of carbonyl (C=O) groups excluding carboxylic acids is 1. The third kappa shape index (κ3) is 4.60. The molecule has 7 nitrogen and oxygen atoms in total. The fourth-order valence-corrected chi connectivity index (χ4v) is 3.12. The highest BCUT2D eigenvalue weighted by molar-refractivity contribution is 5.92. The van der Waals surface area contributed by atoms with Gasteiger partial charge in [0.25, 0.3) is 5.91 Å². The number of aryl methyl sites for hydroxylation is 1. The van der Waals surface area contributed by atoms with Crippen LogP contribution in [0.3, 0.4) is 0 Å². The smallest absolute Gasteiger partial charge is 0.419 e. The van der Waals surface area contributed by atoms with E-state index in [4.69, 9.17) is 10.00 Å². The second-order valence-corrected chi connectivity index (χ2v) is 6.67. The number of alkyl halides is 3. The molecule has 1 aliphatic carbocycles. The van der Waals surface area contributed by atoms with E-state index in [0.29, 0.717) is 31.4 Å². The summed E-state index contributed by atoms with van der Waals surface area (Å²) >= 11 is 0. The number of halogens is 3. The minimum Gasteiger partial charge on any atom is -0.489 e. The standard InChI is InChI=1S/C18H18F3N5O2/c1-26-9-16(24-10-26)17(27)25-11-2-4-12(5-3-11)28-13-6-14(18(19,20)21)15(7-22)23-8-13/h6,8-12H,2-5H2,1H3,(H,25,27). The van der Waals surface area contributed by atoms with E-state index in [1.165, 1.54) is 6.07 Å². The average molecular weight is 393 g/mol. The third-order valence-electron chi connectivity index (χ3n) is 4.52. The van der Waals surface area contributed by atoms with E-state index in [2.05, 4.69) is 15.3 Å². The summed E-state index contributed by atoms with van der Waals surface area (Å²) in [6.07, 6.45) is 1.77. The fraction of sp³-hybridized carbons (Fsp3) is 0.444. The van der Waals surface area contributed by atoms with Gasteiger partial charge in [0.05, 0.1) is 24.2 Å². The van der Waals surface area contributed by atoms with Crippen molar-refractivity contribution in [3.8, 4) is 11.8 Å². The molecule has 0 aliphatic heterocycles. The highest BCUT2D eigenvalue weighted by Gasteiger charge is 2.35. The van der Waals surface area contributed by atoms with Gasteiger partial charge in [0.1, 0.15) is 17.5 Å². The van der Waals surface area contributed by atoms with Gasteiger partial charge in [-0.2, -0.15) is 18.4 Å². The first-order valence-corrected chi connectivity index (χ1v) is 8.69. The summed E-state index contributed by atoms with van der Waals surface area (Å²) in [5.41, 5.74) is -1.45. The Balaban J connectivity index is 1.56. The number of pyridine rings is 1. The van der Waals surface area contributed by atoms with Crippen molar-refractivity contribution >= 4 is 5.91 Å². The molecule has 0 spiro atoms. The Morgan fingerprint density at radius 1 is 1.32 bits per heavy atom. The monoisotopic (exact) mass is 393 g/mol. The molecule has 3 rings (SSSR count). The molecular formula is C18H18F3N5O2. The lowest BCUT2D eigenvalue weighted by Crippen LogP contribution is -2.39. The van der Waals surface area contributed by atoms with Gasteiger partial charge in [-0.1, -0.05) is 0 Å². The fourth-order valence-electron chi connectivity index (χ4n) is 3.12. The summed E-state index contributed by atoms with van der Waals surface area (Å²) < 4.78 is 46.4. The van der Waals surface area contributed by atoms with Gasteiger partial charge in [0, 0.05) is 19.3 Å². The zero-order valence-corrected chi connectivity index (χ0v) is 15.0. The van der Waals surface area contributed by atoms with E-state index < -0.39 is 17.4 Å². The summed E-state index contributed by atoms with van der Waals surface area (Å²) in [5, 5.41) is 11.7. The molecule has 0 atom stereocenters. The number of nitrogens with zero attached hydrogens (tertiary/aromatic N) is 4. The molecule has 1 N–H and O–H groups in total. The highest BCUT2D eigenvalue weighted by Crippen LogP contribution is 2.34. The maximum atomic E-state index is 13.0. The number of amides is 1. The minimum atomic E-state index is -4.68. The Bertz CT molecular complexity index is 895. The third-order valence-corrected chi connectivity index (χ3v) is 4.52. The zero-order chi connectivity index (χ0) is 20.3. The Labute approximate surface area is 159 Å². The van der Waals surface area contributed by atoms with Crippen LogP contribution in [-0.2, 0) is 13.2 Å². The molecule has 0 bridgehead atoms. The van der Waals surface area contributed by atoms with Crippen molar-refractivity contribution < 1.29 is 22.7 Å². The number of carbonyl (C=O) groups is 1. The number of ether oxygens (including phenoxy) is 1. The molecule has 1 aliphatic rings. The van der Waals surface area contributed by atoms with Crippen molar-refractivity contribution in [2.24, 2.45) is 7.05 Å². The normalized spacial score (nSPS) is 19.7. The van der Waals surface area contributed by atoms with Crippen LogP contribution in [0, 0.1) is 11.3 Å². The molecule has 28 heavy (non-hydrogen) atoms. The Morgan fingerprint density at radius 2 is 2.04 bits per heavy atom. The summed E-state index contributed by atoms with van der Waals surface area (Å²) in [6.45, 7) is 0. The summed E-state index contributed by atoms with van der Waals surface area (Å²) in [6, 6.07) is 2.20. The average Bonchev–Trinajstić information content (AvgIpc) is 3.09. The molecule has 148 valence electrons. The van der Waals surface area contributed by atoms with Crippen LogP contribution in [0.15, 0.2) is 24.8 Å². The zero-order valence-electron chi connectivity index (χ0n) is 15.0. The lowest BCUT2D eigenvalue weighted by atomic mass is 9.93. The van der Waals surface area contributed by atoms with Crippen LogP contribution in [0.25, 0.3) is 0 Å². The van der Waals surface area contributed by atoms with E-state index in [-0.39, 0.29) is 23.8 Å². The van der Waals surface area contributed by atoms with Crippen molar-refractivity contribution in [1.29, 1.82) is 5.26 Å². The molecule has 0 radical (unpaired) electrons. The molecule has 2 aromatic heterocycles. The van der Waals surface area contributed by atoms with Gasteiger partial charge in [0.2, 0.25) is 0 Å². The lowest BCUT2D eigenvalue weighted by molar-refractivity contribution is -0.138. The largest absolute Gasteiger partial charge is 0.489 e. The highest BCUT2D eigenvalue weighted by atomic mass is 19.4. The minimum absolute atomic E-state index is 0.0210. The number of hydrogen-bond acceptors (Lipinski definition) is 5. The van der Waals surface area contributed by atoms with Crippen LogP contribution in [0.1, 0.15) is 47.4 Å². The molecule has 0 aromatic carbocycles. The maximum Gasteiger partial charge on any atom is 0.419 e. The van der Waals surface area contributed by atoms with Crippen molar-refractivity contribution in [2.45, 2.75) is 44.0 Å². The molecule has 2 heterocycles. The van der Waals surface area contributed by atoms with Crippen molar-refractivity contribution in [3.63, 3.8) is 0 Å². The molecule has 10 heteroatoms. The van der Waals surface area contributed by atoms with Crippen LogP contribution >= 0.6 is 0 Å². The second kappa shape index (κ2) is 7.88.